The fourth-order valence-corrected chi connectivity index (χ4v) is 4.73. The molecule has 4 aromatic rings. The lowest BCUT2D eigenvalue weighted by Crippen LogP contribution is -2.38. The van der Waals surface area contributed by atoms with Gasteiger partial charge in [-0.2, -0.15) is 0 Å². The van der Waals surface area contributed by atoms with Crippen molar-refractivity contribution in [3.8, 4) is 11.6 Å². The van der Waals surface area contributed by atoms with Crippen molar-refractivity contribution in [1.29, 1.82) is 0 Å². The molecule has 1 aliphatic carbocycles. The molecular weight excluding hydrogens is 481 g/mol. The lowest BCUT2D eigenvalue weighted by Gasteiger charge is -2.19. The Labute approximate surface area is 215 Å². The molecule has 35 heavy (non-hydrogen) atoms. The zero-order valence-electron chi connectivity index (χ0n) is 19.7. The molecule has 1 atom stereocenters. The van der Waals surface area contributed by atoms with E-state index in [1.165, 1.54) is 29.5 Å². The smallest absolute Gasteiger partial charge is 0.257 e. The van der Waals surface area contributed by atoms with Crippen LogP contribution in [0.4, 0.5) is 0 Å². The van der Waals surface area contributed by atoms with Gasteiger partial charge in [0.1, 0.15) is 11.3 Å². The van der Waals surface area contributed by atoms with E-state index in [1.54, 1.807) is 22.8 Å². The van der Waals surface area contributed by atoms with Gasteiger partial charge < -0.3 is 10.1 Å². The quantitative estimate of drug-likeness (QED) is 0.265. The van der Waals surface area contributed by atoms with Gasteiger partial charge in [0.15, 0.2) is 0 Å². The zero-order valence-corrected chi connectivity index (χ0v) is 21.2. The molecule has 2 heterocycles. The monoisotopic (exact) mass is 507 g/mol. The molecule has 0 bridgehead atoms. The Morgan fingerprint density at radius 2 is 2.00 bits per heavy atom. The van der Waals surface area contributed by atoms with Crippen LogP contribution in [-0.4, -0.2) is 27.4 Å². The Morgan fingerprint density at radius 3 is 2.74 bits per heavy atom. The summed E-state index contributed by atoms with van der Waals surface area (Å²) in [5.74, 6) is 1.45. The first kappa shape index (κ1) is 23.7. The standard InChI is InChI=1S/C28H27Cl2N3O2/c1-17-6-7-20(18(2)10-17)11-23(15-29)31-27(34)26-14-24-13-22(30)16-33(24)32-28(26)35-25-5-3-4-21(12-25)19-8-9-19/h3-7,10,12-14,16,19,23H,8-9,11,15H2,1-2H3,(H,31,34). The minimum Gasteiger partial charge on any atom is -0.437 e. The van der Waals surface area contributed by atoms with Gasteiger partial charge in [0, 0.05) is 18.1 Å². The van der Waals surface area contributed by atoms with Crippen LogP contribution in [0.2, 0.25) is 5.02 Å². The third kappa shape index (κ3) is 5.47. The molecule has 7 heteroatoms. The van der Waals surface area contributed by atoms with Gasteiger partial charge in [-0.15, -0.1) is 16.7 Å². The van der Waals surface area contributed by atoms with Crippen LogP contribution in [0.15, 0.2) is 60.8 Å². The van der Waals surface area contributed by atoms with Crippen LogP contribution in [0.3, 0.4) is 0 Å². The molecule has 5 rings (SSSR count). The molecule has 2 aromatic carbocycles. The normalized spacial score (nSPS) is 14.2. The Balaban J connectivity index is 1.43. The van der Waals surface area contributed by atoms with Crippen LogP contribution in [0, 0.1) is 13.8 Å². The summed E-state index contributed by atoms with van der Waals surface area (Å²) in [4.78, 5) is 13.5. The third-order valence-electron chi connectivity index (χ3n) is 6.37. The van der Waals surface area contributed by atoms with Gasteiger partial charge in [-0.1, -0.05) is 47.5 Å². The SMILES string of the molecule is Cc1ccc(CC(CCl)NC(=O)c2cc3cc(Cl)cn3nc2Oc2cccc(C3CC3)c2)c(C)c1. The van der Waals surface area contributed by atoms with E-state index >= 15 is 0 Å². The highest BCUT2D eigenvalue weighted by Crippen LogP contribution is 2.41. The lowest BCUT2D eigenvalue weighted by molar-refractivity contribution is 0.0937. The molecule has 5 nitrogen and oxygen atoms in total. The summed E-state index contributed by atoms with van der Waals surface area (Å²) in [6.45, 7) is 4.14. The van der Waals surface area contributed by atoms with E-state index in [2.05, 4.69) is 48.5 Å². The third-order valence-corrected chi connectivity index (χ3v) is 6.95. The summed E-state index contributed by atoms with van der Waals surface area (Å²) in [6, 6.07) is 17.5. The van der Waals surface area contributed by atoms with Crippen molar-refractivity contribution < 1.29 is 9.53 Å². The summed E-state index contributed by atoms with van der Waals surface area (Å²) in [6.07, 6.45) is 4.72. The average molecular weight is 508 g/mol. The van der Waals surface area contributed by atoms with Crippen molar-refractivity contribution in [3.63, 3.8) is 0 Å². The van der Waals surface area contributed by atoms with E-state index in [4.69, 9.17) is 27.9 Å². The zero-order chi connectivity index (χ0) is 24.5. The molecule has 0 aliphatic heterocycles. The first-order chi connectivity index (χ1) is 16.9. The van der Waals surface area contributed by atoms with Gasteiger partial charge in [0.05, 0.1) is 10.5 Å². The Bertz CT molecular complexity index is 1390. The lowest BCUT2D eigenvalue weighted by atomic mass is 9.99. The van der Waals surface area contributed by atoms with E-state index < -0.39 is 0 Å². The Hall–Kier alpha value is -3.02. The highest BCUT2D eigenvalue weighted by Gasteiger charge is 2.25. The number of benzene rings is 2. The molecule has 0 saturated heterocycles. The molecule has 180 valence electrons. The van der Waals surface area contributed by atoms with Gasteiger partial charge in [0.25, 0.3) is 5.91 Å². The maximum atomic E-state index is 13.5. The molecule has 1 saturated carbocycles. The number of amides is 1. The number of hydrogen-bond acceptors (Lipinski definition) is 3. The van der Waals surface area contributed by atoms with E-state index in [-0.39, 0.29) is 23.7 Å². The predicted molar refractivity (Wildman–Crippen MR) is 140 cm³/mol. The minimum atomic E-state index is -0.291. The number of fused-ring (bicyclic) bond motifs is 1. The van der Waals surface area contributed by atoms with Crippen molar-refractivity contribution in [2.45, 2.75) is 45.1 Å². The van der Waals surface area contributed by atoms with Crippen LogP contribution < -0.4 is 10.1 Å². The second-order valence-corrected chi connectivity index (χ2v) is 10.0. The largest absolute Gasteiger partial charge is 0.437 e. The maximum absolute atomic E-state index is 13.5. The molecule has 2 aromatic heterocycles. The van der Waals surface area contributed by atoms with E-state index in [1.807, 2.05) is 18.2 Å². The number of halogens is 2. The first-order valence-corrected chi connectivity index (χ1v) is 12.7. The number of nitrogens with one attached hydrogen (secondary N) is 1. The van der Waals surface area contributed by atoms with Crippen molar-refractivity contribution >= 4 is 34.6 Å². The molecular formula is C28H27Cl2N3O2. The maximum Gasteiger partial charge on any atom is 0.257 e. The van der Waals surface area contributed by atoms with Gasteiger partial charge in [-0.05, 0) is 80.0 Å². The number of carbonyl (C=O) groups excluding carboxylic acids is 1. The fraction of sp³-hybridized carbons (Fsp3) is 0.286. The van der Waals surface area contributed by atoms with Gasteiger partial charge in [-0.25, -0.2) is 4.52 Å². The molecule has 1 amide bonds. The molecule has 1 fully saturated rings. The van der Waals surface area contributed by atoms with Crippen molar-refractivity contribution in [1.82, 2.24) is 14.9 Å². The van der Waals surface area contributed by atoms with Crippen LogP contribution in [-0.2, 0) is 6.42 Å². The van der Waals surface area contributed by atoms with E-state index in [9.17, 15) is 4.79 Å². The van der Waals surface area contributed by atoms with E-state index in [0.717, 1.165) is 5.56 Å². The molecule has 1 aliphatic rings. The number of ether oxygens (including phenoxy) is 1. The summed E-state index contributed by atoms with van der Waals surface area (Å²) < 4.78 is 7.78. The van der Waals surface area contributed by atoms with Crippen LogP contribution in [0.1, 0.15) is 51.4 Å². The minimum absolute atomic E-state index is 0.218. The van der Waals surface area contributed by atoms with E-state index in [0.29, 0.717) is 34.2 Å². The number of nitrogens with zero attached hydrogens (tertiary/aromatic N) is 2. The number of carbonyl (C=O) groups is 1. The molecule has 1 unspecified atom stereocenters. The highest BCUT2D eigenvalue weighted by atomic mass is 35.5. The predicted octanol–water partition coefficient (Wildman–Crippen LogP) is 6.85. The molecule has 1 N–H and O–H groups in total. The fourth-order valence-electron chi connectivity index (χ4n) is 4.34. The average Bonchev–Trinajstić information content (AvgIpc) is 3.61. The summed E-state index contributed by atoms with van der Waals surface area (Å²) >= 11 is 12.5. The van der Waals surface area contributed by atoms with Gasteiger partial charge >= 0.3 is 0 Å². The number of rotatable bonds is 8. The second kappa shape index (κ2) is 9.92. The first-order valence-electron chi connectivity index (χ1n) is 11.8. The Kier molecular flexibility index (Phi) is 6.72. The Morgan fingerprint density at radius 1 is 1.17 bits per heavy atom. The summed E-state index contributed by atoms with van der Waals surface area (Å²) in [5.41, 5.74) is 5.82. The van der Waals surface area contributed by atoms with Crippen molar-refractivity contribution in [2.24, 2.45) is 0 Å². The topological polar surface area (TPSA) is 55.6 Å². The molecule has 0 radical (unpaired) electrons. The van der Waals surface area contributed by atoms with Crippen molar-refractivity contribution in [2.75, 3.05) is 5.88 Å². The number of aryl methyl sites for hydroxylation is 2. The highest BCUT2D eigenvalue weighted by molar-refractivity contribution is 6.31. The number of alkyl halides is 1. The van der Waals surface area contributed by atoms with Gasteiger partial charge in [0.2, 0.25) is 5.88 Å². The van der Waals surface area contributed by atoms with Crippen LogP contribution in [0.5, 0.6) is 11.6 Å². The second-order valence-electron chi connectivity index (χ2n) is 9.30. The van der Waals surface area contributed by atoms with Gasteiger partial charge in [-0.3, -0.25) is 4.79 Å². The summed E-state index contributed by atoms with van der Waals surface area (Å²) in [7, 11) is 0. The van der Waals surface area contributed by atoms with Crippen molar-refractivity contribution in [3.05, 3.63) is 93.6 Å². The van der Waals surface area contributed by atoms with Crippen LogP contribution >= 0.6 is 23.2 Å². The number of hydrogen-bond donors (Lipinski definition) is 1. The van der Waals surface area contributed by atoms with Crippen LogP contribution in [0.25, 0.3) is 5.52 Å². The molecule has 0 spiro atoms. The number of aromatic nitrogens is 2. The summed E-state index contributed by atoms with van der Waals surface area (Å²) in [5, 5.41) is 8.17.